The lowest BCUT2D eigenvalue weighted by molar-refractivity contribution is -0.135. The van der Waals surface area contributed by atoms with Gasteiger partial charge in [-0.15, -0.1) is 0 Å². The molecule has 13 heavy (non-hydrogen) atoms. The van der Waals surface area contributed by atoms with Gasteiger partial charge in [-0.1, -0.05) is 6.08 Å². The van der Waals surface area contributed by atoms with E-state index in [0.29, 0.717) is 5.82 Å². The number of carboxylic acids is 1. The third kappa shape index (κ3) is 3.46. The Bertz CT molecular complexity index is 334. The maximum atomic E-state index is 10.2. The zero-order chi connectivity index (χ0) is 9.68. The minimum atomic E-state index is -0.857. The summed E-state index contributed by atoms with van der Waals surface area (Å²) in [5.74, 6) is -0.315. The summed E-state index contributed by atoms with van der Waals surface area (Å²) in [4.78, 5) is 18.2. The van der Waals surface area contributed by atoms with Crippen LogP contribution in [0.3, 0.4) is 0 Å². The third-order valence-electron chi connectivity index (χ3n) is 1.37. The van der Waals surface area contributed by atoms with E-state index in [1.165, 1.54) is 6.08 Å². The van der Waals surface area contributed by atoms with E-state index in [4.69, 9.17) is 5.11 Å². The molecule has 0 amide bonds. The number of aryl methyl sites for hydroxylation is 1. The summed E-state index contributed by atoms with van der Waals surface area (Å²) in [7, 11) is 0. The summed E-state index contributed by atoms with van der Waals surface area (Å²) in [5, 5.41) is 8.35. The first-order chi connectivity index (χ1) is 6.18. The van der Waals surface area contributed by atoms with Crippen molar-refractivity contribution in [3.63, 3.8) is 0 Å². The molecule has 4 nitrogen and oxygen atoms in total. The molecular weight excluding hydrogens is 168 g/mol. The smallest absolute Gasteiger partial charge is 0.307 e. The number of rotatable bonds is 3. The standard InChI is InChI=1S/C9H10N2O2/c1-7-5-6-10-8(11-7)3-2-4-9(12)13/h2-3,5-6H,4H2,1H3,(H,12,13). The van der Waals surface area contributed by atoms with Crippen LogP contribution in [0.5, 0.6) is 0 Å². The molecule has 1 aromatic heterocycles. The number of hydrogen-bond acceptors (Lipinski definition) is 3. The average Bonchev–Trinajstić information content (AvgIpc) is 2.03. The fourth-order valence-electron chi connectivity index (χ4n) is 0.814. The Labute approximate surface area is 76.0 Å². The van der Waals surface area contributed by atoms with Gasteiger partial charge in [0.05, 0.1) is 6.42 Å². The summed E-state index contributed by atoms with van der Waals surface area (Å²) in [6, 6.07) is 1.79. The van der Waals surface area contributed by atoms with Crippen LogP contribution in [-0.4, -0.2) is 21.0 Å². The normalized spacial score (nSPS) is 10.5. The van der Waals surface area contributed by atoms with Crippen LogP contribution in [-0.2, 0) is 4.79 Å². The van der Waals surface area contributed by atoms with E-state index in [9.17, 15) is 4.79 Å². The van der Waals surface area contributed by atoms with Gasteiger partial charge in [-0.2, -0.15) is 0 Å². The summed E-state index contributed by atoms with van der Waals surface area (Å²) in [6.07, 6.45) is 4.76. The summed E-state index contributed by atoms with van der Waals surface area (Å²) in [6.45, 7) is 1.86. The van der Waals surface area contributed by atoms with Crippen molar-refractivity contribution in [1.82, 2.24) is 9.97 Å². The first-order valence-corrected chi connectivity index (χ1v) is 3.86. The van der Waals surface area contributed by atoms with E-state index in [0.717, 1.165) is 5.69 Å². The highest BCUT2D eigenvalue weighted by Crippen LogP contribution is 1.96. The van der Waals surface area contributed by atoms with Gasteiger partial charge in [-0.05, 0) is 19.1 Å². The average molecular weight is 178 g/mol. The van der Waals surface area contributed by atoms with Gasteiger partial charge >= 0.3 is 5.97 Å². The van der Waals surface area contributed by atoms with E-state index in [2.05, 4.69) is 9.97 Å². The summed E-state index contributed by atoms with van der Waals surface area (Å²) in [5.41, 5.74) is 0.866. The molecule has 68 valence electrons. The Morgan fingerprint density at radius 3 is 3.08 bits per heavy atom. The molecule has 0 aromatic carbocycles. The Balaban J connectivity index is 2.63. The topological polar surface area (TPSA) is 63.1 Å². The van der Waals surface area contributed by atoms with Crippen molar-refractivity contribution in [2.75, 3.05) is 0 Å². The lowest BCUT2D eigenvalue weighted by atomic mass is 10.3. The molecule has 1 N–H and O–H groups in total. The van der Waals surface area contributed by atoms with Gasteiger partial charge in [0, 0.05) is 11.9 Å². The lowest BCUT2D eigenvalue weighted by Crippen LogP contribution is -1.91. The molecule has 1 aromatic rings. The second-order valence-electron chi connectivity index (χ2n) is 2.56. The monoisotopic (exact) mass is 178 g/mol. The highest BCUT2D eigenvalue weighted by atomic mass is 16.4. The highest BCUT2D eigenvalue weighted by Gasteiger charge is 1.92. The van der Waals surface area contributed by atoms with Crippen molar-refractivity contribution < 1.29 is 9.90 Å². The SMILES string of the molecule is Cc1ccnc(C=CCC(=O)O)n1. The fraction of sp³-hybridized carbons (Fsp3) is 0.222. The van der Waals surface area contributed by atoms with Gasteiger partial charge in [0.25, 0.3) is 0 Å². The molecule has 1 rings (SSSR count). The van der Waals surface area contributed by atoms with Gasteiger partial charge < -0.3 is 5.11 Å². The predicted molar refractivity (Wildman–Crippen MR) is 48.1 cm³/mol. The van der Waals surface area contributed by atoms with Crippen molar-refractivity contribution in [2.24, 2.45) is 0 Å². The molecule has 0 bridgehead atoms. The lowest BCUT2D eigenvalue weighted by Gasteiger charge is -1.92. The Morgan fingerprint density at radius 1 is 1.69 bits per heavy atom. The molecule has 0 fully saturated rings. The van der Waals surface area contributed by atoms with Crippen molar-refractivity contribution >= 4 is 12.0 Å². The molecule has 0 saturated heterocycles. The predicted octanol–water partition coefficient (Wildman–Crippen LogP) is 1.27. The second kappa shape index (κ2) is 4.35. The zero-order valence-corrected chi connectivity index (χ0v) is 7.27. The Hall–Kier alpha value is -1.71. The molecule has 0 saturated carbocycles. The van der Waals surface area contributed by atoms with Crippen molar-refractivity contribution in [1.29, 1.82) is 0 Å². The summed E-state index contributed by atoms with van der Waals surface area (Å²) < 4.78 is 0. The molecule has 0 radical (unpaired) electrons. The van der Waals surface area contributed by atoms with Crippen LogP contribution in [0.1, 0.15) is 17.9 Å². The van der Waals surface area contributed by atoms with Crippen LogP contribution in [0.2, 0.25) is 0 Å². The fourth-order valence-corrected chi connectivity index (χ4v) is 0.814. The van der Waals surface area contributed by atoms with Crippen molar-refractivity contribution in [2.45, 2.75) is 13.3 Å². The number of carboxylic acid groups (broad SMARTS) is 1. The van der Waals surface area contributed by atoms with Crippen LogP contribution in [0.4, 0.5) is 0 Å². The number of aromatic nitrogens is 2. The van der Waals surface area contributed by atoms with E-state index >= 15 is 0 Å². The van der Waals surface area contributed by atoms with Crippen molar-refractivity contribution in [3.05, 3.63) is 29.9 Å². The minimum Gasteiger partial charge on any atom is -0.481 e. The van der Waals surface area contributed by atoms with Gasteiger partial charge in [-0.25, -0.2) is 9.97 Å². The molecule has 1 heterocycles. The highest BCUT2D eigenvalue weighted by molar-refractivity contribution is 5.69. The first-order valence-electron chi connectivity index (χ1n) is 3.86. The van der Waals surface area contributed by atoms with Crippen molar-refractivity contribution in [3.8, 4) is 0 Å². The van der Waals surface area contributed by atoms with Crippen LogP contribution < -0.4 is 0 Å². The Kier molecular flexibility index (Phi) is 3.14. The molecule has 0 unspecified atom stereocenters. The first kappa shape index (κ1) is 9.38. The third-order valence-corrected chi connectivity index (χ3v) is 1.37. The van der Waals surface area contributed by atoms with E-state index in [1.54, 1.807) is 18.3 Å². The maximum Gasteiger partial charge on any atom is 0.307 e. The number of carbonyl (C=O) groups is 1. The van der Waals surface area contributed by atoms with Crippen LogP contribution >= 0.6 is 0 Å². The molecule has 0 aliphatic carbocycles. The zero-order valence-electron chi connectivity index (χ0n) is 7.27. The molecule has 0 atom stereocenters. The van der Waals surface area contributed by atoms with Crippen LogP contribution in [0, 0.1) is 6.92 Å². The van der Waals surface area contributed by atoms with Crippen LogP contribution in [0.25, 0.3) is 6.08 Å². The molecule has 0 spiro atoms. The number of aliphatic carboxylic acids is 1. The maximum absolute atomic E-state index is 10.2. The second-order valence-corrected chi connectivity index (χ2v) is 2.56. The van der Waals surface area contributed by atoms with E-state index < -0.39 is 5.97 Å². The summed E-state index contributed by atoms with van der Waals surface area (Å²) >= 11 is 0. The molecule has 0 aliphatic heterocycles. The van der Waals surface area contributed by atoms with Gasteiger partial charge in [0.1, 0.15) is 0 Å². The molecular formula is C9H10N2O2. The quantitative estimate of drug-likeness (QED) is 0.757. The number of hydrogen-bond donors (Lipinski definition) is 1. The van der Waals surface area contributed by atoms with E-state index in [1.807, 2.05) is 6.92 Å². The molecule has 4 heteroatoms. The number of nitrogens with zero attached hydrogens (tertiary/aromatic N) is 2. The Morgan fingerprint density at radius 2 is 2.46 bits per heavy atom. The van der Waals surface area contributed by atoms with E-state index in [-0.39, 0.29) is 6.42 Å². The minimum absolute atomic E-state index is 0.00268. The van der Waals surface area contributed by atoms with Gasteiger partial charge in [0.15, 0.2) is 5.82 Å². The largest absolute Gasteiger partial charge is 0.481 e. The molecule has 0 aliphatic rings. The van der Waals surface area contributed by atoms with Gasteiger partial charge in [0.2, 0.25) is 0 Å². The van der Waals surface area contributed by atoms with Crippen LogP contribution in [0.15, 0.2) is 18.3 Å². The van der Waals surface area contributed by atoms with Gasteiger partial charge in [-0.3, -0.25) is 4.79 Å².